The van der Waals surface area contributed by atoms with E-state index in [0.29, 0.717) is 5.82 Å². The topological polar surface area (TPSA) is 107 Å². The minimum Gasteiger partial charge on any atom is -0.395 e. The van der Waals surface area contributed by atoms with Crippen LogP contribution in [0.5, 0.6) is 0 Å². The fourth-order valence-electron chi connectivity index (χ4n) is 2.02. The number of H-pyrrole nitrogens is 1. The van der Waals surface area contributed by atoms with Crippen LogP contribution in [-0.4, -0.2) is 57.3 Å². The fraction of sp³-hybridized carbons (Fsp3) is 0.267. The summed E-state index contributed by atoms with van der Waals surface area (Å²) in [5.41, 5.74) is 0.0579. The number of nitrogens with zero attached hydrogens (tertiary/aromatic N) is 2. The predicted molar refractivity (Wildman–Crippen MR) is 80.4 cm³/mol. The Bertz CT molecular complexity index is 679. The van der Waals surface area contributed by atoms with Crippen LogP contribution in [0.1, 0.15) is 10.4 Å². The van der Waals surface area contributed by atoms with Crippen molar-refractivity contribution in [2.45, 2.75) is 0 Å². The monoisotopic (exact) mass is 303 g/mol. The number of nitrogens with one attached hydrogen (secondary N) is 1. The minimum absolute atomic E-state index is 0.0409. The molecule has 0 atom stereocenters. The molecule has 0 bridgehead atoms. The van der Waals surface area contributed by atoms with Gasteiger partial charge in [0.2, 0.25) is 0 Å². The maximum atomic E-state index is 12.2. The van der Waals surface area contributed by atoms with Crippen LogP contribution in [0.25, 0.3) is 11.4 Å². The van der Waals surface area contributed by atoms with Crippen molar-refractivity contribution in [1.82, 2.24) is 14.9 Å². The summed E-state index contributed by atoms with van der Waals surface area (Å²) in [5, 5.41) is 17.9. The molecule has 1 aromatic carbocycles. The van der Waals surface area contributed by atoms with Gasteiger partial charge in [0.25, 0.3) is 11.5 Å². The Morgan fingerprint density at radius 1 is 1.14 bits per heavy atom. The maximum absolute atomic E-state index is 12.2. The van der Waals surface area contributed by atoms with Gasteiger partial charge in [-0.1, -0.05) is 30.3 Å². The molecule has 0 aliphatic carbocycles. The number of aromatic nitrogens is 2. The average Bonchev–Trinajstić information content (AvgIpc) is 2.55. The first kappa shape index (κ1) is 15.9. The Hall–Kier alpha value is -2.51. The van der Waals surface area contributed by atoms with E-state index < -0.39 is 11.5 Å². The van der Waals surface area contributed by atoms with E-state index in [1.54, 1.807) is 12.1 Å². The molecule has 2 rings (SSSR count). The summed E-state index contributed by atoms with van der Waals surface area (Å²) in [6.45, 7) is -0.420. The van der Waals surface area contributed by atoms with Crippen LogP contribution < -0.4 is 5.56 Å². The van der Waals surface area contributed by atoms with Crippen LogP contribution in [-0.2, 0) is 0 Å². The minimum atomic E-state index is -0.573. The SMILES string of the molecule is O=C(c1cnc(-c2ccccc2)[nH]c1=O)N(CCO)CCO. The molecule has 7 heteroatoms. The van der Waals surface area contributed by atoms with Gasteiger partial charge in [-0.15, -0.1) is 0 Å². The van der Waals surface area contributed by atoms with E-state index in [1.807, 2.05) is 18.2 Å². The molecule has 0 unspecified atom stereocenters. The lowest BCUT2D eigenvalue weighted by Crippen LogP contribution is -2.38. The summed E-state index contributed by atoms with van der Waals surface area (Å²) in [6.07, 6.45) is 1.21. The normalized spacial score (nSPS) is 10.5. The first-order chi connectivity index (χ1) is 10.7. The molecule has 0 aliphatic heterocycles. The van der Waals surface area contributed by atoms with Crippen molar-refractivity contribution < 1.29 is 15.0 Å². The zero-order chi connectivity index (χ0) is 15.9. The smallest absolute Gasteiger partial charge is 0.264 e. The second-order valence-corrected chi connectivity index (χ2v) is 4.58. The number of carbonyl (C=O) groups excluding carboxylic acids is 1. The highest BCUT2D eigenvalue weighted by molar-refractivity contribution is 5.93. The number of hydrogen-bond donors (Lipinski definition) is 3. The molecule has 3 N–H and O–H groups in total. The van der Waals surface area contributed by atoms with Gasteiger partial charge in [-0.3, -0.25) is 9.59 Å². The van der Waals surface area contributed by atoms with Gasteiger partial charge in [-0.25, -0.2) is 4.98 Å². The quantitative estimate of drug-likeness (QED) is 0.689. The van der Waals surface area contributed by atoms with Crippen molar-refractivity contribution in [3.05, 3.63) is 52.4 Å². The molecular formula is C15H17N3O4. The Balaban J connectivity index is 2.29. The van der Waals surface area contributed by atoms with Crippen LogP contribution in [0.15, 0.2) is 41.3 Å². The number of aliphatic hydroxyl groups is 2. The molecule has 0 saturated carbocycles. The lowest BCUT2D eigenvalue weighted by atomic mass is 10.2. The van der Waals surface area contributed by atoms with E-state index in [0.717, 1.165) is 5.56 Å². The number of amides is 1. The molecule has 0 aliphatic rings. The Morgan fingerprint density at radius 3 is 2.32 bits per heavy atom. The molecule has 1 heterocycles. The highest BCUT2D eigenvalue weighted by Crippen LogP contribution is 2.12. The number of hydrogen-bond acceptors (Lipinski definition) is 5. The van der Waals surface area contributed by atoms with Crippen LogP contribution in [0.4, 0.5) is 0 Å². The third-order valence-corrected chi connectivity index (χ3v) is 3.10. The molecule has 116 valence electrons. The Morgan fingerprint density at radius 2 is 1.77 bits per heavy atom. The van der Waals surface area contributed by atoms with Gasteiger partial charge < -0.3 is 20.1 Å². The van der Waals surface area contributed by atoms with Gasteiger partial charge in [-0.2, -0.15) is 0 Å². The van der Waals surface area contributed by atoms with Crippen molar-refractivity contribution in [3.8, 4) is 11.4 Å². The Labute approximate surface area is 126 Å². The zero-order valence-electron chi connectivity index (χ0n) is 11.9. The first-order valence-corrected chi connectivity index (χ1v) is 6.83. The van der Waals surface area contributed by atoms with Crippen LogP contribution in [0, 0.1) is 0 Å². The number of rotatable bonds is 6. The summed E-state index contributed by atoms with van der Waals surface area (Å²) < 4.78 is 0. The molecular weight excluding hydrogens is 286 g/mol. The molecule has 22 heavy (non-hydrogen) atoms. The van der Waals surface area contributed by atoms with Crippen LogP contribution >= 0.6 is 0 Å². The summed E-state index contributed by atoms with van der Waals surface area (Å²) in [5.74, 6) is -0.200. The summed E-state index contributed by atoms with van der Waals surface area (Å²) in [6, 6.07) is 9.07. The summed E-state index contributed by atoms with van der Waals surface area (Å²) >= 11 is 0. The summed E-state index contributed by atoms with van der Waals surface area (Å²) in [4.78, 5) is 32.2. The van der Waals surface area contributed by atoms with Crippen molar-refractivity contribution in [1.29, 1.82) is 0 Å². The standard InChI is InChI=1S/C15H17N3O4/c19-8-6-18(7-9-20)15(22)12-10-16-13(17-14(12)21)11-4-2-1-3-5-11/h1-5,10,19-20H,6-9H2,(H,16,17,21). The first-order valence-electron chi connectivity index (χ1n) is 6.83. The lowest BCUT2D eigenvalue weighted by Gasteiger charge is -2.20. The maximum Gasteiger partial charge on any atom is 0.264 e. The van der Waals surface area contributed by atoms with E-state index in [1.165, 1.54) is 11.1 Å². The molecule has 2 aromatic rings. The predicted octanol–water partition coefficient (Wildman–Crippen LogP) is -0.136. The molecule has 1 amide bonds. The van der Waals surface area contributed by atoms with E-state index >= 15 is 0 Å². The second-order valence-electron chi connectivity index (χ2n) is 4.58. The van der Waals surface area contributed by atoms with E-state index in [4.69, 9.17) is 10.2 Å². The molecule has 0 saturated heterocycles. The molecule has 1 aromatic heterocycles. The number of aromatic amines is 1. The van der Waals surface area contributed by atoms with Crippen molar-refractivity contribution >= 4 is 5.91 Å². The van der Waals surface area contributed by atoms with E-state index in [2.05, 4.69) is 9.97 Å². The van der Waals surface area contributed by atoms with Crippen LogP contribution in [0.2, 0.25) is 0 Å². The van der Waals surface area contributed by atoms with Gasteiger partial charge in [0, 0.05) is 24.8 Å². The van der Waals surface area contributed by atoms with Gasteiger partial charge in [0.1, 0.15) is 11.4 Å². The largest absolute Gasteiger partial charge is 0.395 e. The van der Waals surface area contributed by atoms with Crippen molar-refractivity contribution in [3.63, 3.8) is 0 Å². The second kappa shape index (κ2) is 7.48. The molecule has 0 spiro atoms. The molecule has 0 fully saturated rings. The van der Waals surface area contributed by atoms with E-state index in [9.17, 15) is 9.59 Å². The highest BCUT2D eigenvalue weighted by atomic mass is 16.3. The molecule has 7 nitrogen and oxygen atoms in total. The summed E-state index contributed by atoms with van der Waals surface area (Å²) in [7, 11) is 0. The molecule has 0 radical (unpaired) electrons. The van der Waals surface area contributed by atoms with Gasteiger partial charge in [-0.05, 0) is 0 Å². The van der Waals surface area contributed by atoms with Gasteiger partial charge in [0.05, 0.1) is 13.2 Å². The highest BCUT2D eigenvalue weighted by Gasteiger charge is 2.19. The average molecular weight is 303 g/mol. The van der Waals surface area contributed by atoms with Gasteiger partial charge >= 0.3 is 0 Å². The Kier molecular flexibility index (Phi) is 5.40. The third kappa shape index (κ3) is 3.57. The van der Waals surface area contributed by atoms with E-state index in [-0.39, 0.29) is 31.9 Å². The fourth-order valence-corrected chi connectivity index (χ4v) is 2.02. The van der Waals surface area contributed by atoms with Crippen molar-refractivity contribution in [2.75, 3.05) is 26.3 Å². The third-order valence-electron chi connectivity index (χ3n) is 3.10. The number of aliphatic hydroxyl groups excluding tert-OH is 2. The van der Waals surface area contributed by atoms with Gasteiger partial charge in [0.15, 0.2) is 0 Å². The zero-order valence-corrected chi connectivity index (χ0v) is 11.9. The lowest BCUT2D eigenvalue weighted by molar-refractivity contribution is 0.0682. The van der Waals surface area contributed by atoms with Crippen LogP contribution in [0.3, 0.4) is 0 Å². The van der Waals surface area contributed by atoms with Crippen molar-refractivity contribution in [2.24, 2.45) is 0 Å². The number of benzene rings is 1. The number of carbonyl (C=O) groups is 1.